The number of halogens is 3. The van der Waals surface area contributed by atoms with E-state index in [1.54, 1.807) is 27.0 Å². The fraction of sp³-hybridized carbons (Fsp3) is 0.385. The topological polar surface area (TPSA) is 110 Å². The number of likely N-dealkylation sites (tertiary alicyclic amines) is 1. The third kappa shape index (κ3) is 6.88. The van der Waals surface area contributed by atoms with Gasteiger partial charge in [0.25, 0.3) is 0 Å². The standard InChI is InChI=1S/C26H28F3N5O4/c1-25(2,3)38-24(36)34-14-20(35)21(15-34)37-22-18(26(27,28)29)13-32-23(33-22)31-12-16-7-9-17(10-8-16)19-6-4-5-11-30-19/h4-11,13,20-21,35H,12,14-15H2,1-3H3,(H,31,32,33)/t20-,21?/m0/s1. The Bertz CT molecular complexity index is 1250. The summed E-state index contributed by atoms with van der Waals surface area (Å²) in [5, 5.41) is 13.3. The van der Waals surface area contributed by atoms with E-state index in [9.17, 15) is 23.1 Å². The van der Waals surface area contributed by atoms with E-state index >= 15 is 0 Å². The minimum atomic E-state index is -4.79. The summed E-state index contributed by atoms with van der Waals surface area (Å²) in [6.07, 6.45) is -5.52. The lowest BCUT2D eigenvalue weighted by molar-refractivity contribution is -0.140. The van der Waals surface area contributed by atoms with Gasteiger partial charge in [0.15, 0.2) is 0 Å². The molecule has 1 fully saturated rings. The van der Waals surface area contributed by atoms with Crippen molar-refractivity contribution in [1.29, 1.82) is 0 Å². The van der Waals surface area contributed by atoms with Crippen LogP contribution >= 0.6 is 0 Å². The molecule has 1 saturated heterocycles. The molecule has 1 aliphatic heterocycles. The Morgan fingerprint density at radius 1 is 1.11 bits per heavy atom. The highest BCUT2D eigenvalue weighted by molar-refractivity contribution is 5.68. The minimum absolute atomic E-state index is 0.0849. The number of benzene rings is 1. The number of nitrogens with one attached hydrogen (secondary N) is 1. The van der Waals surface area contributed by atoms with Crippen molar-refractivity contribution in [1.82, 2.24) is 19.9 Å². The number of hydrogen-bond donors (Lipinski definition) is 2. The van der Waals surface area contributed by atoms with Crippen molar-refractivity contribution in [2.24, 2.45) is 0 Å². The summed E-state index contributed by atoms with van der Waals surface area (Å²) in [4.78, 5) is 25.5. The van der Waals surface area contributed by atoms with Crippen LogP contribution < -0.4 is 10.1 Å². The summed E-state index contributed by atoms with van der Waals surface area (Å²) in [6, 6.07) is 13.1. The molecule has 4 rings (SSSR count). The fourth-order valence-corrected chi connectivity index (χ4v) is 3.74. The van der Waals surface area contributed by atoms with Gasteiger partial charge in [0.1, 0.15) is 23.4 Å². The molecule has 0 radical (unpaired) electrons. The van der Waals surface area contributed by atoms with Crippen LogP contribution in [0.4, 0.5) is 23.9 Å². The Labute approximate surface area is 217 Å². The lowest BCUT2D eigenvalue weighted by atomic mass is 10.1. The smallest absolute Gasteiger partial charge is 0.423 e. The molecule has 9 nitrogen and oxygen atoms in total. The molecule has 3 heterocycles. The van der Waals surface area contributed by atoms with Gasteiger partial charge in [-0.05, 0) is 38.5 Å². The van der Waals surface area contributed by atoms with Gasteiger partial charge in [-0.1, -0.05) is 30.3 Å². The number of carbonyl (C=O) groups excluding carboxylic acids is 1. The summed E-state index contributed by atoms with van der Waals surface area (Å²) in [6.45, 7) is 4.99. The number of rotatable bonds is 6. The molecule has 2 atom stereocenters. The fourth-order valence-electron chi connectivity index (χ4n) is 3.74. The average Bonchev–Trinajstić information content (AvgIpc) is 3.22. The molecule has 0 aliphatic carbocycles. The van der Waals surface area contributed by atoms with Gasteiger partial charge in [-0.3, -0.25) is 4.98 Å². The maximum Gasteiger partial charge on any atom is 0.423 e. The number of anilines is 1. The van der Waals surface area contributed by atoms with Crippen LogP contribution in [-0.2, 0) is 17.5 Å². The van der Waals surface area contributed by atoms with Crippen molar-refractivity contribution in [2.45, 2.75) is 51.3 Å². The molecule has 1 unspecified atom stereocenters. The monoisotopic (exact) mass is 531 g/mol. The van der Waals surface area contributed by atoms with E-state index in [1.807, 2.05) is 42.5 Å². The van der Waals surface area contributed by atoms with E-state index in [0.29, 0.717) is 6.20 Å². The van der Waals surface area contributed by atoms with Gasteiger partial charge in [0.05, 0.1) is 18.8 Å². The first-order chi connectivity index (χ1) is 17.9. The average molecular weight is 532 g/mol. The number of aromatic nitrogens is 3. The molecular weight excluding hydrogens is 503 g/mol. The Balaban J connectivity index is 1.45. The molecule has 1 aromatic carbocycles. The maximum absolute atomic E-state index is 13.6. The molecule has 2 aromatic heterocycles. The van der Waals surface area contributed by atoms with Crippen LogP contribution in [0.25, 0.3) is 11.3 Å². The normalized spacial score (nSPS) is 17.8. The molecule has 0 saturated carbocycles. The number of carbonyl (C=O) groups is 1. The molecule has 0 bridgehead atoms. The molecular formula is C26H28F3N5O4. The minimum Gasteiger partial charge on any atom is -0.469 e. The van der Waals surface area contributed by atoms with Crippen molar-refractivity contribution < 1.29 is 32.5 Å². The van der Waals surface area contributed by atoms with Crippen LogP contribution in [0.15, 0.2) is 54.9 Å². The zero-order chi connectivity index (χ0) is 27.5. The zero-order valence-electron chi connectivity index (χ0n) is 21.1. The number of pyridine rings is 1. The predicted molar refractivity (Wildman–Crippen MR) is 132 cm³/mol. The first-order valence-electron chi connectivity index (χ1n) is 11.9. The summed E-state index contributed by atoms with van der Waals surface area (Å²) in [5.41, 5.74) is 0.627. The molecule has 1 aliphatic rings. The SMILES string of the molecule is CC(C)(C)OC(=O)N1CC(Oc2nc(NCc3ccc(-c4ccccn4)cc3)ncc2C(F)(F)F)[C@@H](O)C1. The second kappa shape index (κ2) is 10.8. The Hall–Kier alpha value is -3.93. The van der Waals surface area contributed by atoms with Gasteiger partial charge < -0.3 is 24.8 Å². The lowest BCUT2D eigenvalue weighted by Crippen LogP contribution is -2.36. The van der Waals surface area contributed by atoms with Crippen LogP contribution in [0.2, 0.25) is 0 Å². The van der Waals surface area contributed by atoms with E-state index in [2.05, 4.69) is 20.3 Å². The molecule has 2 N–H and O–H groups in total. The molecule has 202 valence electrons. The van der Waals surface area contributed by atoms with Crippen molar-refractivity contribution in [3.63, 3.8) is 0 Å². The van der Waals surface area contributed by atoms with Crippen LogP contribution in [0, 0.1) is 0 Å². The van der Waals surface area contributed by atoms with Gasteiger partial charge in [0, 0.05) is 24.5 Å². The van der Waals surface area contributed by atoms with Gasteiger partial charge in [-0.15, -0.1) is 0 Å². The number of aliphatic hydroxyl groups is 1. The number of hydrogen-bond acceptors (Lipinski definition) is 8. The number of β-amino-alcohol motifs (C(OH)–C–C–N with tert-alkyl or cyclic N) is 1. The van der Waals surface area contributed by atoms with E-state index in [0.717, 1.165) is 16.8 Å². The second-order valence-electron chi connectivity index (χ2n) is 9.78. The van der Waals surface area contributed by atoms with Crippen molar-refractivity contribution >= 4 is 12.0 Å². The molecule has 12 heteroatoms. The number of aliphatic hydroxyl groups excluding tert-OH is 1. The number of alkyl halides is 3. The first kappa shape index (κ1) is 27.1. The Kier molecular flexibility index (Phi) is 7.72. The molecule has 1 amide bonds. The maximum atomic E-state index is 13.6. The van der Waals surface area contributed by atoms with Gasteiger partial charge in [-0.25, -0.2) is 9.78 Å². The largest absolute Gasteiger partial charge is 0.469 e. The third-order valence-corrected chi connectivity index (χ3v) is 5.58. The number of nitrogens with zero attached hydrogens (tertiary/aromatic N) is 4. The van der Waals surface area contributed by atoms with Gasteiger partial charge in [-0.2, -0.15) is 18.2 Å². The van der Waals surface area contributed by atoms with Crippen LogP contribution in [-0.4, -0.2) is 62.0 Å². The Morgan fingerprint density at radius 3 is 2.47 bits per heavy atom. The highest BCUT2D eigenvalue weighted by Gasteiger charge is 2.41. The van der Waals surface area contributed by atoms with Crippen molar-refractivity contribution in [3.8, 4) is 17.1 Å². The van der Waals surface area contributed by atoms with Crippen LogP contribution in [0.3, 0.4) is 0 Å². The van der Waals surface area contributed by atoms with E-state index in [1.165, 1.54) is 4.90 Å². The van der Waals surface area contributed by atoms with E-state index in [-0.39, 0.29) is 25.6 Å². The first-order valence-corrected chi connectivity index (χ1v) is 11.9. The van der Waals surface area contributed by atoms with E-state index in [4.69, 9.17) is 9.47 Å². The molecule has 38 heavy (non-hydrogen) atoms. The predicted octanol–water partition coefficient (Wildman–Crippen LogP) is 4.53. The van der Waals surface area contributed by atoms with Crippen LogP contribution in [0.5, 0.6) is 5.88 Å². The summed E-state index contributed by atoms with van der Waals surface area (Å²) in [5.74, 6) is -0.825. The second-order valence-corrected chi connectivity index (χ2v) is 9.78. The zero-order valence-corrected chi connectivity index (χ0v) is 21.1. The van der Waals surface area contributed by atoms with Gasteiger partial charge >= 0.3 is 12.3 Å². The lowest BCUT2D eigenvalue weighted by Gasteiger charge is -2.24. The molecule has 0 spiro atoms. The highest BCUT2D eigenvalue weighted by Crippen LogP contribution is 2.36. The Morgan fingerprint density at radius 2 is 1.84 bits per heavy atom. The number of amides is 1. The molecule has 3 aromatic rings. The summed E-state index contributed by atoms with van der Waals surface area (Å²) in [7, 11) is 0. The summed E-state index contributed by atoms with van der Waals surface area (Å²) < 4.78 is 51.7. The highest BCUT2D eigenvalue weighted by atomic mass is 19.4. The third-order valence-electron chi connectivity index (χ3n) is 5.58. The van der Waals surface area contributed by atoms with Crippen LogP contribution in [0.1, 0.15) is 31.9 Å². The van der Waals surface area contributed by atoms with E-state index < -0.39 is 41.5 Å². The van der Waals surface area contributed by atoms with Crippen molar-refractivity contribution in [3.05, 3.63) is 66.0 Å². The van der Waals surface area contributed by atoms with Crippen molar-refractivity contribution in [2.75, 3.05) is 18.4 Å². The summed E-state index contributed by atoms with van der Waals surface area (Å²) >= 11 is 0. The quantitative estimate of drug-likeness (QED) is 0.478. The van der Waals surface area contributed by atoms with Gasteiger partial charge in [0.2, 0.25) is 11.8 Å². The number of ether oxygens (including phenoxy) is 2.